The van der Waals surface area contributed by atoms with E-state index in [9.17, 15) is 14.0 Å². The van der Waals surface area contributed by atoms with Crippen molar-refractivity contribution in [3.8, 4) is 11.5 Å². The molecule has 1 atom stereocenters. The van der Waals surface area contributed by atoms with E-state index in [1.165, 1.54) is 25.1 Å². The number of esters is 1. The molecule has 6 nitrogen and oxygen atoms in total. The van der Waals surface area contributed by atoms with Crippen molar-refractivity contribution in [2.45, 2.75) is 19.4 Å². The molecule has 142 valence electrons. The Balaban J connectivity index is 1.58. The van der Waals surface area contributed by atoms with Gasteiger partial charge in [-0.25, -0.2) is 4.39 Å². The van der Waals surface area contributed by atoms with Crippen molar-refractivity contribution in [2.75, 3.05) is 18.5 Å². The topological polar surface area (TPSA) is 73.9 Å². The van der Waals surface area contributed by atoms with Gasteiger partial charge in [0, 0.05) is 22.3 Å². The van der Waals surface area contributed by atoms with E-state index >= 15 is 0 Å². The number of carbonyl (C=O) groups is 2. The number of fused-ring (bicyclic) bond motifs is 1. The zero-order chi connectivity index (χ0) is 19.4. The summed E-state index contributed by atoms with van der Waals surface area (Å²) in [4.78, 5) is 24.3. The second kappa shape index (κ2) is 8.26. The molecular weight excluding hydrogens is 377 g/mol. The highest BCUT2D eigenvalue weighted by atomic mass is 35.5. The van der Waals surface area contributed by atoms with Crippen LogP contribution in [0.15, 0.2) is 36.4 Å². The first-order valence-electron chi connectivity index (χ1n) is 8.27. The molecule has 0 aliphatic carbocycles. The van der Waals surface area contributed by atoms with Gasteiger partial charge in [0.25, 0.3) is 5.91 Å². The van der Waals surface area contributed by atoms with Crippen molar-refractivity contribution in [1.29, 1.82) is 0 Å². The molecule has 0 unspecified atom stereocenters. The van der Waals surface area contributed by atoms with Crippen LogP contribution in [0.2, 0.25) is 5.02 Å². The fourth-order valence-electron chi connectivity index (χ4n) is 2.50. The molecule has 27 heavy (non-hydrogen) atoms. The summed E-state index contributed by atoms with van der Waals surface area (Å²) in [5, 5.41) is 2.76. The molecule has 1 heterocycles. The van der Waals surface area contributed by atoms with Gasteiger partial charge in [-0.1, -0.05) is 17.7 Å². The average Bonchev–Trinajstić information content (AvgIpc) is 2.64. The molecule has 8 heteroatoms. The number of nitrogens with one attached hydrogen (secondary N) is 1. The first-order valence-corrected chi connectivity index (χ1v) is 8.64. The Hall–Kier alpha value is -2.80. The molecule has 1 aliphatic heterocycles. The SMILES string of the molecule is C[C@@H](OC(=O)Cc1c(F)cccc1Cl)C(=O)Nc1ccc2c(c1)OCCO2. The summed E-state index contributed by atoms with van der Waals surface area (Å²) in [5.74, 6) is -0.766. The fraction of sp³-hybridized carbons (Fsp3) is 0.263. The minimum absolute atomic E-state index is 0.0311. The summed E-state index contributed by atoms with van der Waals surface area (Å²) in [6, 6.07) is 9.08. The maximum absolute atomic E-state index is 13.7. The molecule has 1 N–H and O–H groups in total. The Labute approximate surface area is 160 Å². The highest BCUT2D eigenvalue weighted by Gasteiger charge is 2.21. The molecule has 0 fully saturated rings. The van der Waals surface area contributed by atoms with Crippen LogP contribution >= 0.6 is 11.6 Å². The fourth-order valence-corrected chi connectivity index (χ4v) is 2.73. The average molecular weight is 394 g/mol. The lowest BCUT2D eigenvalue weighted by atomic mass is 10.1. The Morgan fingerprint density at radius 1 is 1.22 bits per heavy atom. The molecule has 1 aliphatic rings. The molecule has 0 spiro atoms. The van der Waals surface area contributed by atoms with Gasteiger partial charge >= 0.3 is 5.97 Å². The van der Waals surface area contributed by atoms with Gasteiger partial charge in [0.2, 0.25) is 0 Å². The zero-order valence-electron chi connectivity index (χ0n) is 14.5. The largest absolute Gasteiger partial charge is 0.486 e. The van der Waals surface area contributed by atoms with Crippen LogP contribution in [0.5, 0.6) is 11.5 Å². The summed E-state index contributed by atoms with van der Waals surface area (Å²) < 4.78 is 29.7. The van der Waals surface area contributed by atoms with Crippen LogP contribution < -0.4 is 14.8 Å². The van der Waals surface area contributed by atoms with Gasteiger partial charge < -0.3 is 19.5 Å². The quantitative estimate of drug-likeness (QED) is 0.788. The van der Waals surface area contributed by atoms with E-state index in [-0.39, 0.29) is 17.0 Å². The van der Waals surface area contributed by atoms with Gasteiger partial charge in [-0.05, 0) is 31.2 Å². The third kappa shape index (κ3) is 4.68. The van der Waals surface area contributed by atoms with E-state index in [2.05, 4.69) is 5.32 Å². The second-order valence-corrected chi connectivity index (χ2v) is 6.26. The Morgan fingerprint density at radius 3 is 2.70 bits per heavy atom. The van der Waals surface area contributed by atoms with Crippen LogP contribution in [0, 0.1) is 5.82 Å². The summed E-state index contributed by atoms with van der Waals surface area (Å²) in [6.07, 6.45) is -1.44. The predicted octanol–water partition coefficient (Wildman–Crippen LogP) is 3.36. The third-order valence-electron chi connectivity index (χ3n) is 3.87. The van der Waals surface area contributed by atoms with E-state index in [0.29, 0.717) is 30.4 Å². The van der Waals surface area contributed by atoms with Gasteiger partial charge in [0.1, 0.15) is 19.0 Å². The first-order chi connectivity index (χ1) is 12.9. The van der Waals surface area contributed by atoms with Crippen molar-refractivity contribution in [3.05, 3.63) is 52.8 Å². The molecule has 0 aromatic heterocycles. The van der Waals surface area contributed by atoms with Gasteiger partial charge in [0.05, 0.1) is 6.42 Å². The van der Waals surface area contributed by atoms with Crippen molar-refractivity contribution < 1.29 is 28.2 Å². The molecule has 1 amide bonds. The normalized spacial score (nSPS) is 13.6. The molecule has 2 aromatic carbocycles. The lowest BCUT2D eigenvalue weighted by molar-refractivity contribution is -0.152. The van der Waals surface area contributed by atoms with Crippen LogP contribution in [0.4, 0.5) is 10.1 Å². The number of hydrogen-bond donors (Lipinski definition) is 1. The van der Waals surface area contributed by atoms with Crippen molar-refractivity contribution in [1.82, 2.24) is 0 Å². The molecule has 0 saturated carbocycles. The van der Waals surface area contributed by atoms with Crippen molar-refractivity contribution in [3.63, 3.8) is 0 Å². The molecular formula is C19H17ClFNO5. The predicted molar refractivity (Wildman–Crippen MR) is 96.7 cm³/mol. The Kier molecular flexibility index (Phi) is 5.81. The number of halogens is 2. The third-order valence-corrected chi connectivity index (χ3v) is 4.22. The van der Waals surface area contributed by atoms with E-state index in [0.717, 1.165) is 0 Å². The number of rotatable bonds is 5. The molecule has 0 saturated heterocycles. The van der Waals surface area contributed by atoms with Gasteiger partial charge in [-0.2, -0.15) is 0 Å². The number of anilines is 1. The van der Waals surface area contributed by atoms with Gasteiger partial charge in [0.15, 0.2) is 17.6 Å². The highest BCUT2D eigenvalue weighted by Crippen LogP contribution is 2.32. The van der Waals surface area contributed by atoms with Crippen molar-refractivity contribution >= 4 is 29.2 Å². The zero-order valence-corrected chi connectivity index (χ0v) is 15.2. The minimum atomic E-state index is -1.07. The van der Waals surface area contributed by atoms with Crippen LogP contribution in [-0.4, -0.2) is 31.2 Å². The summed E-state index contributed by atoms with van der Waals surface area (Å²) in [5.41, 5.74) is 0.507. The first kappa shape index (κ1) is 19.0. The summed E-state index contributed by atoms with van der Waals surface area (Å²) in [7, 11) is 0. The number of ether oxygens (including phenoxy) is 3. The molecule has 3 rings (SSSR count). The van der Waals surface area contributed by atoms with Crippen molar-refractivity contribution in [2.24, 2.45) is 0 Å². The van der Waals surface area contributed by atoms with E-state index in [1.807, 2.05) is 0 Å². The highest BCUT2D eigenvalue weighted by molar-refractivity contribution is 6.31. The lowest BCUT2D eigenvalue weighted by Crippen LogP contribution is -2.30. The monoisotopic (exact) mass is 393 g/mol. The van der Waals surface area contributed by atoms with Gasteiger partial charge in [-0.3, -0.25) is 9.59 Å². The van der Waals surface area contributed by atoms with Crippen LogP contribution in [0.25, 0.3) is 0 Å². The second-order valence-electron chi connectivity index (χ2n) is 5.86. The van der Waals surface area contributed by atoms with Gasteiger partial charge in [-0.15, -0.1) is 0 Å². The smallest absolute Gasteiger partial charge is 0.311 e. The molecule has 0 radical (unpaired) electrons. The van der Waals surface area contributed by atoms with Crippen LogP contribution in [0.3, 0.4) is 0 Å². The maximum Gasteiger partial charge on any atom is 0.311 e. The number of benzene rings is 2. The summed E-state index contributed by atoms with van der Waals surface area (Å²) in [6.45, 7) is 2.32. The van der Waals surface area contributed by atoms with E-state index < -0.39 is 23.8 Å². The Morgan fingerprint density at radius 2 is 1.96 bits per heavy atom. The number of hydrogen-bond acceptors (Lipinski definition) is 5. The molecule has 0 bridgehead atoms. The lowest BCUT2D eigenvalue weighted by Gasteiger charge is -2.19. The van der Waals surface area contributed by atoms with E-state index in [1.54, 1.807) is 18.2 Å². The molecule has 2 aromatic rings. The van der Waals surface area contributed by atoms with Crippen LogP contribution in [-0.2, 0) is 20.7 Å². The number of amides is 1. The van der Waals surface area contributed by atoms with Crippen LogP contribution in [0.1, 0.15) is 12.5 Å². The summed E-state index contributed by atoms with van der Waals surface area (Å²) >= 11 is 5.89. The maximum atomic E-state index is 13.7. The standard InChI is InChI=1S/C19H17ClFNO5/c1-11(27-18(23)10-13-14(20)3-2-4-15(13)21)19(24)22-12-5-6-16-17(9-12)26-8-7-25-16/h2-6,9,11H,7-8,10H2,1H3,(H,22,24)/t11-/m1/s1. The Bertz CT molecular complexity index is 853. The van der Waals surface area contributed by atoms with E-state index in [4.69, 9.17) is 25.8 Å². The minimum Gasteiger partial charge on any atom is -0.486 e. The number of carbonyl (C=O) groups excluding carboxylic acids is 2.